The zero-order valence-corrected chi connectivity index (χ0v) is 14.2. The molecule has 0 aliphatic rings. The lowest BCUT2D eigenvalue weighted by Gasteiger charge is -2.19. The number of hydrogen-bond acceptors (Lipinski definition) is 5. The number of rotatable bonds is 4. The van der Waals surface area contributed by atoms with E-state index in [9.17, 15) is 22.8 Å². The van der Waals surface area contributed by atoms with Crippen molar-refractivity contribution in [1.29, 1.82) is 0 Å². The predicted molar refractivity (Wildman–Crippen MR) is 88.3 cm³/mol. The summed E-state index contributed by atoms with van der Waals surface area (Å²) in [4.78, 5) is 30.5. The lowest BCUT2D eigenvalue weighted by atomic mass is 10.2. The monoisotopic (exact) mass is 383 g/mol. The summed E-state index contributed by atoms with van der Waals surface area (Å²) in [7, 11) is 1.38. The van der Waals surface area contributed by atoms with Crippen LogP contribution in [-0.4, -0.2) is 33.6 Å². The molecule has 3 aromatic rings. The van der Waals surface area contributed by atoms with Crippen LogP contribution < -0.4 is 10.3 Å². The molecule has 0 unspecified atom stereocenters. The Kier molecular flexibility index (Phi) is 4.68. The molecule has 10 heteroatoms. The Bertz CT molecular complexity index is 1010. The van der Waals surface area contributed by atoms with Crippen molar-refractivity contribution in [3.63, 3.8) is 0 Å². The van der Waals surface area contributed by atoms with Crippen molar-refractivity contribution < 1.29 is 22.7 Å². The van der Waals surface area contributed by atoms with E-state index >= 15 is 0 Å². The van der Waals surface area contributed by atoms with Gasteiger partial charge in [-0.3, -0.25) is 14.0 Å². The highest BCUT2D eigenvalue weighted by Gasteiger charge is 2.32. The molecule has 0 fully saturated rings. The highest BCUT2D eigenvalue weighted by atomic mass is 32.1. The third-order valence-electron chi connectivity index (χ3n) is 3.53. The molecule has 6 nitrogen and oxygen atoms in total. The summed E-state index contributed by atoms with van der Waals surface area (Å²) in [5.74, 6) is -1.05. The van der Waals surface area contributed by atoms with Crippen molar-refractivity contribution in [3.8, 4) is 5.75 Å². The second-order valence-electron chi connectivity index (χ2n) is 5.35. The van der Waals surface area contributed by atoms with Gasteiger partial charge >= 0.3 is 6.36 Å². The van der Waals surface area contributed by atoms with Gasteiger partial charge in [-0.15, -0.1) is 24.5 Å². The molecule has 0 saturated heterocycles. The van der Waals surface area contributed by atoms with Crippen molar-refractivity contribution in [2.45, 2.75) is 12.9 Å². The first-order valence-electron chi connectivity index (χ1n) is 7.30. The average molecular weight is 383 g/mol. The Morgan fingerprint density at radius 2 is 2.08 bits per heavy atom. The first-order valence-corrected chi connectivity index (χ1v) is 8.18. The van der Waals surface area contributed by atoms with E-state index in [0.717, 1.165) is 11.0 Å². The van der Waals surface area contributed by atoms with Crippen molar-refractivity contribution >= 4 is 22.2 Å². The molecule has 1 aromatic carbocycles. The van der Waals surface area contributed by atoms with E-state index in [1.807, 2.05) is 0 Å². The molecule has 0 bridgehead atoms. The molecule has 0 spiro atoms. The molecule has 136 valence electrons. The average Bonchev–Trinajstić information content (AvgIpc) is 3.04. The SMILES string of the molecule is CN(Cc1ccccc1OC(F)(F)F)C(=O)c1cnc2sccn2c1=O. The van der Waals surface area contributed by atoms with E-state index in [0.29, 0.717) is 4.96 Å². The highest BCUT2D eigenvalue weighted by Crippen LogP contribution is 2.27. The number of ether oxygens (including phenoxy) is 1. The minimum atomic E-state index is -4.84. The fraction of sp³-hybridized carbons (Fsp3) is 0.188. The summed E-state index contributed by atoms with van der Waals surface area (Å²) in [6.07, 6.45) is -2.17. The summed E-state index contributed by atoms with van der Waals surface area (Å²) in [5.41, 5.74) is -0.545. The summed E-state index contributed by atoms with van der Waals surface area (Å²) < 4.78 is 42.7. The standard InChI is InChI=1S/C16H12F3N3O3S/c1-21(9-10-4-2-3-5-12(10)25-16(17,18)19)13(23)11-8-20-15-22(14(11)24)6-7-26-15/h2-8H,9H2,1H3. The lowest BCUT2D eigenvalue weighted by Crippen LogP contribution is -2.33. The Labute approximate surface area is 149 Å². The van der Waals surface area contributed by atoms with Gasteiger partial charge in [-0.2, -0.15) is 0 Å². The highest BCUT2D eigenvalue weighted by molar-refractivity contribution is 7.15. The third kappa shape index (κ3) is 3.69. The van der Waals surface area contributed by atoms with E-state index in [1.54, 1.807) is 5.38 Å². The molecule has 0 atom stereocenters. The van der Waals surface area contributed by atoms with Crippen LogP contribution in [0.2, 0.25) is 0 Å². The van der Waals surface area contributed by atoms with Crippen molar-refractivity contribution in [3.05, 3.63) is 63.5 Å². The number of halogens is 3. The second-order valence-corrected chi connectivity index (χ2v) is 6.22. The van der Waals surface area contributed by atoms with Gasteiger partial charge in [-0.05, 0) is 6.07 Å². The Balaban J connectivity index is 1.86. The number of nitrogens with zero attached hydrogens (tertiary/aromatic N) is 3. The lowest BCUT2D eigenvalue weighted by molar-refractivity contribution is -0.275. The van der Waals surface area contributed by atoms with Crippen LogP contribution >= 0.6 is 11.3 Å². The Morgan fingerprint density at radius 3 is 2.81 bits per heavy atom. The number of para-hydroxylation sites is 1. The van der Waals surface area contributed by atoms with Crippen LogP contribution in [-0.2, 0) is 6.54 Å². The minimum Gasteiger partial charge on any atom is -0.405 e. The number of aromatic nitrogens is 2. The third-order valence-corrected chi connectivity index (χ3v) is 4.30. The summed E-state index contributed by atoms with van der Waals surface area (Å²) in [5, 5.41) is 1.66. The van der Waals surface area contributed by atoms with Gasteiger partial charge in [0.05, 0.1) is 0 Å². The molecule has 0 N–H and O–H groups in total. The molecule has 0 aliphatic carbocycles. The van der Waals surface area contributed by atoms with E-state index in [1.165, 1.54) is 53.4 Å². The maximum atomic E-state index is 12.5. The van der Waals surface area contributed by atoms with Crippen molar-refractivity contribution in [2.24, 2.45) is 0 Å². The molecule has 3 rings (SSSR count). The van der Waals surface area contributed by atoms with E-state index in [-0.39, 0.29) is 17.7 Å². The molecule has 0 saturated carbocycles. The normalized spacial score (nSPS) is 11.5. The van der Waals surface area contributed by atoms with Gasteiger partial charge in [-0.25, -0.2) is 4.98 Å². The molecule has 26 heavy (non-hydrogen) atoms. The smallest absolute Gasteiger partial charge is 0.405 e. The van der Waals surface area contributed by atoms with Gasteiger partial charge in [0.2, 0.25) is 0 Å². The zero-order valence-electron chi connectivity index (χ0n) is 13.4. The van der Waals surface area contributed by atoms with Crippen LogP contribution in [0.25, 0.3) is 4.96 Å². The number of amides is 1. The number of carbonyl (C=O) groups excluding carboxylic acids is 1. The van der Waals surface area contributed by atoms with E-state index in [4.69, 9.17) is 0 Å². The van der Waals surface area contributed by atoms with Gasteiger partial charge in [-0.1, -0.05) is 18.2 Å². The van der Waals surface area contributed by atoms with Gasteiger partial charge in [0.1, 0.15) is 11.3 Å². The Morgan fingerprint density at radius 1 is 1.35 bits per heavy atom. The quantitative estimate of drug-likeness (QED) is 0.695. The van der Waals surface area contributed by atoms with Crippen LogP contribution in [0.1, 0.15) is 15.9 Å². The van der Waals surface area contributed by atoms with Gasteiger partial charge in [0.15, 0.2) is 4.96 Å². The fourth-order valence-corrected chi connectivity index (χ4v) is 3.04. The molecule has 2 aromatic heterocycles. The van der Waals surface area contributed by atoms with Crippen LogP contribution in [0.3, 0.4) is 0 Å². The van der Waals surface area contributed by atoms with Crippen LogP contribution in [0.5, 0.6) is 5.75 Å². The first-order chi connectivity index (χ1) is 12.3. The molecule has 1 amide bonds. The maximum Gasteiger partial charge on any atom is 0.573 e. The van der Waals surface area contributed by atoms with Crippen molar-refractivity contribution in [2.75, 3.05) is 7.05 Å². The molecule has 0 aliphatic heterocycles. The minimum absolute atomic E-state index is 0.158. The number of fused-ring (bicyclic) bond motifs is 1. The van der Waals surface area contributed by atoms with Crippen molar-refractivity contribution in [1.82, 2.24) is 14.3 Å². The summed E-state index contributed by atoms with van der Waals surface area (Å²) in [6, 6.07) is 5.50. The van der Waals surface area contributed by atoms with Crippen LogP contribution in [0.15, 0.2) is 46.8 Å². The van der Waals surface area contributed by atoms with Crippen LogP contribution in [0.4, 0.5) is 13.2 Å². The maximum absolute atomic E-state index is 12.5. The van der Waals surface area contributed by atoms with Crippen LogP contribution in [0, 0.1) is 0 Å². The molecular weight excluding hydrogens is 371 g/mol. The van der Waals surface area contributed by atoms with Gasteiger partial charge in [0.25, 0.3) is 11.5 Å². The molecule has 0 radical (unpaired) electrons. The number of hydrogen-bond donors (Lipinski definition) is 0. The largest absolute Gasteiger partial charge is 0.573 e. The summed E-state index contributed by atoms with van der Waals surface area (Å²) in [6.45, 7) is -0.170. The van der Waals surface area contributed by atoms with E-state index < -0.39 is 23.6 Å². The van der Waals surface area contributed by atoms with E-state index in [2.05, 4.69) is 9.72 Å². The number of thiazole rings is 1. The number of carbonyl (C=O) groups is 1. The predicted octanol–water partition coefficient (Wildman–Crippen LogP) is 2.93. The molecular formula is C16H12F3N3O3S. The Hall–Kier alpha value is -2.88. The summed E-state index contributed by atoms with van der Waals surface area (Å²) >= 11 is 1.24. The zero-order chi connectivity index (χ0) is 18.9. The molecule has 2 heterocycles. The topological polar surface area (TPSA) is 63.9 Å². The number of benzene rings is 1. The van der Waals surface area contributed by atoms with Gasteiger partial charge < -0.3 is 9.64 Å². The number of alkyl halides is 3. The fourth-order valence-electron chi connectivity index (χ4n) is 2.36. The van der Waals surface area contributed by atoms with Gasteiger partial charge in [0, 0.05) is 36.9 Å². The second kappa shape index (κ2) is 6.79. The first kappa shape index (κ1) is 17.9.